The number of benzene rings is 1. The topological polar surface area (TPSA) is 96.8 Å². The van der Waals surface area contributed by atoms with Crippen molar-refractivity contribution in [2.45, 2.75) is 70.2 Å². The predicted molar refractivity (Wildman–Crippen MR) is 145 cm³/mol. The van der Waals surface area contributed by atoms with Crippen molar-refractivity contribution in [3.8, 4) is 11.3 Å². The van der Waals surface area contributed by atoms with Gasteiger partial charge in [-0.25, -0.2) is 4.98 Å². The van der Waals surface area contributed by atoms with Gasteiger partial charge in [0.25, 0.3) is 5.91 Å². The zero-order chi connectivity index (χ0) is 26.9. The van der Waals surface area contributed by atoms with Crippen molar-refractivity contribution >= 4 is 28.8 Å². The second kappa shape index (κ2) is 8.99. The van der Waals surface area contributed by atoms with Crippen molar-refractivity contribution in [3.63, 3.8) is 0 Å². The number of likely N-dealkylation sites (tertiary alicyclic amines) is 1. The highest BCUT2D eigenvalue weighted by Gasteiger charge is 2.39. The molecule has 4 aliphatic heterocycles. The van der Waals surface area contributed by atoms with Crippen LogP contribution in [0.4, 0.5) is 0 Å². The van der Waals surface area contributed by atoms with E-state index in [0.717, 1.165) is 35.6 Å². The van der Waals surface area contributed by atoms with Gasteiger partial charge in [-0.1, -0.05) is 6.07 Å². The van der Waals surface area contributed by atoms with E-state index in [1.54, 1.807) is 4.90 Å². The van der Waals surface area contributed by atoms with Crippen LogP contribution in [0.2, 0.25) is 0 Å². The number of hydrogen-bond acceptors (Lipinski definition) is 6. The van der Waals surface area contributed by atoms with Crippen LogP contribution in [0.25, 0.3) is 22.3 Å². The van der Waals surface area contributed by atoms with E-state index < -0.39 is 11.9 Å². The predicted octanol–water partition coefficient (Wildman–Crippen LogP) is 3.41. The average Bonchev–Trinajstić information content (AvgIpc) is 3.53. The fourth-order valence-corrected chi connectivity index (χ4v) is 6.55. The van der Waals surface area contributed by atoms with Crippen LogP contribution in [-0.4, -0.2) is 68.4 Å². The van der Waals surface area contributed by atoms with Gasteiger partial charge in [-0.2, -0.15) is 0 Å². The Morgan fingerprint density at radius 3 is 2.69 bits per heavy atom. The van der Waals surface area contributed by atoms with Gasteiger partial charge in [-0.15, -0.1) is 0 Å². The van der Waals surface area contributed by atoms with Gasteiger partial charge in [0.05, 0.1) is 24.9 Å². The molecule has 1 atom stereocenters. The van der Waals surface area contributed by atoms with Crippen molar-refractivity contribution in [1.29, 1.82) is 0 Å². The third kappa shape index (κ3) is 4.06. The van der Waals surface area contributed by atoms with Crippen LogP contribution in [0, 0.1) is 0 Å². The Balaban J connectivity index is 1.25. The summed E-state index contributed by atoms with van der Waals surface area (Å²) in [5, 5.41) is 3.55. The lowest BCUT2D eigenvalue weighted by atomic mass is 9.99. The van der Waals surface area contributed by atoms with E-state index in [1.165, 1.54) is 23.8 Å². The smallest absolute Gasteiger partial charge is 0.255 e. The molecule has 0 saturated carbocycles. The van der Waals surface area contributed by atoms with Crippen LogP contribution in [0.3, 0.4) is 0 Å². The molecular weight excluding hydrogens is 494 g/mol. The lowest BCUT2D eigenvalue weighted by Crippen LogP contribution is -2.52. The van der Waals surface area contributed by atoms with Gasteiger partial charge in [0.2, 0.25) is 11.8 Å². The fourth-order valence-electron chi connectivity index (χ4n) is 6.55. The van der Waals surface area contributed by atoms with Crippen LogP contribution in [0.5, 0.6) is 0 Å². The van der Waals surface area contributed by atoms with Crippen molar-refractivity contribution in [2.24, 2.45) is 0 Å². The van der Waals surface area contributed by atoms with Gasteiger partial charge >= 0.3 is 0 Å². The first kappa shape index (κ1) is 24.5. The van der Waals surface area contributed by atoms with Crippen LogP contribution in [-0.2, 0) is 27.4 Å². The number of fused-ring (bicyclic) bond motifs is 2. The Labute approximate surface area is 227 Å². The SMILES string of the molecule is CC1(C)CCCN1Cc1cc(-c2ccc3c(c2)CN(C2CCC(=O)NC2=O)C3=O)nc2c1ccn2C1COC1. The number of piperidine rings is 1. The summed E-state index contributed by atoms with van der Waals surface area (Å²) in [5.74, 6) is -0.837. The third-order valence-corrected chi connectivity index (χ3v) is 9.04. The van der Waals surface area contributed by atoms with Gasteiger partial charge in [-0.05, 0) is 75.0 Å². The van der Waals surface area contributed by atoms with E-state index in [1.807, 2.05) is 18.2 Å². The number of nitrogens with zero attached hydrogens (tertiary/aromatic N) is 4. The number of rotatable bonds is 5. The second-order valence-corrected chi connectivity index (χ2v) is 11.9. The number of carbonyl (C=O) groups is 3. The third-order valence-electron chi connectivity index (χ3n) is 9.04. The standard InChI is InChI=1S/C30H33N5O4/c1-30(2)9-3-10-33(30)14-20-13-24(31-27-22(20)8-11-34(27)21-16-39-17-21)18-4-5-23-19(12-18)15-35(29(23)38)25-6-7-26(36)32-28(25)37/h4-5,8,11-13,21,25H,3,6-7,9-10,14-17H2,1-2H3,(H,32,36,37). The molecule has 0 bridgehead atoms. The molecule has 3 fully saturated rings. The summed E-state index contributed by atoms with van der Waals surface area (Å²) < 4.78 is 7.72. The largest absolute Gasteiger partial charge is 0.377 e. The number of hydrogen-bond donors (Lipinski definition) is 1. The molecule has 4 aliphatic rings. The highest BCUT2D eigenvalue weighted by atomic mass is 16.5. The Kier molecular flexibility index (Phi) is 5.64. The molecule has 0 spiro atoms. The van der Waals surface area contributed by atoms with Crippen LogP contribution < -0.4 is 5.32 Å². The number of carbonyl (C=O) groups excluding carboxylic acids is 3. The maximum atomic E-state index is 13.2. The number of amides is 3. The monoisotopic (exact) mass is 527 g/mol. The molecule has 39 heavy (non-hydrogen) atoms. The number of aromatic nitrogens is 2. The molecule has 2 aromatic heterocycles. The summed E-state index contributed by atoms with van der Waals surface area (Å²) in [6.45, 7) is 8.32. The Hall–Kier alpha value is -3.56. The molecule has 6 heterocycles. The Morgan fingerprint density at radius 1 is 1.13 bits per heavy atom. The quantitative estimate of drug-likeness (QED) is 0.511. The molecule has 1 N–H and O–H groups in total. The minimum Gasteiger partial charge on any atom is -0.377 e. The summed E-state index contributed by atoms with van der Waals surface area (Å²) >= 11 is 0. The van der Waals surface area contributed by atoms with Gasteiger partial charge in [-0.3, -0.25) is 24.6 Å². The van der Waals surface area contributed by atoms with Gasteiger partial charge < -0.3 is 14.2 Å². The molecule has 1 unspecified atom stereocenters. The zero-order valence-corrected chi connectivity index (χ0v) is 22.4. The highest BCUT2D eigenvalue weighted by Crippen LogP contribution is 2.36. The summed E-state index contributed by atoms with van der Waals surface area (Å²) in [6.07, 6.45) is 5.13. The van der Waals surface area contributed by atoms with Crippen molar-refractivity contribution < 1.29 is 19.1 Å². The molecule has 9 heteroatoms. The minimum atomic E-state index is -0.621. The Bertz CT molecular complexity index is 1520. The van der Waals surface area contributed by atoms with E-state index in [4.69, 9.17) is 9.72 Å². The van der Waals surface area contributed by atoms with Crippen molar-refractivity contribution in [2.75, 3.05) is 19.8 Å². The number of pyridine rings is 1. The molecule has 202 valence electrons. The maximum Gasteiger partial charge on any atom is 0.255 e. The zero-order valence-electron chi connectivity index (χ0n) is 22.4. The molecule has 3 amide bonds. The Morgan fingerprint density at radius 2 is 1.97 bits per heavy atom. The number of imide groups is 1. The van der Waals surface area contributed by atoms with E-state index in [0.29, 0.717) is 37.8 Å². The molecule has 3 aromatic rings. The molecule has 0 aliphatic carbocycles. The second-order valence-electron chi connectivity index (χ2n) is 11.9. The molecule has 9 nitrogen and oxygen atoms in total. The lowest BCUT2D eigenvalue weighted by Gasteiger charge is -2.32. The molecule has 0 radical (unpaired) electrons. The van der Waals surface area contributed by atoms with E-state index in [-0.39, 0.29) is 23.8 Å². The van der Waals surface area contributed by atoms with E-state index in [9.17, 15) is 14.4 Å². The summed E-state index contributed by atoms with van der Waals surface area (Å²) in [6, 6.07) is 9.91. The first-order valence-corrected chi connectivity index (χ1v) is 13.9. The molecule has 1 aromatic carbocycles. The van der Waals surface area contributed by atoms with Crippen molar-refractivity contribution in [3.05, 3.63) is 53.2 Å². The normalized spacial score (nSPS) is 23.4. The van der Waals surface area contributed by atoms with Crippen LogP contribution in [0.15, 0.2) is 36.5 Å². The molecule has 7 rings (SSSR count). The van der Waals surface area contributed by atoms with Gasteiger partial charge in [0, 0.05) is 47.8 Å². The summed E-state index contributed by atoms with van der Waals surface area (Å²) in [4.78, 5) is 46.6. The van der Waals surface area contributed by atoms with Crippen molar-refractivity contribution in [1.82, 2.24) is 24.7 Å². The summed E-state index contributed by atoms with van der Waals surface area (Å²) in [7, 11) is 0. The van der Waals surface area contributed by atoms with Crippen LogP contribution in [0.1, 0.15) is 67.1 Å². The fraction of sp³-hybridized carbons (Fsp3) is 0.467. The van der Waals surface area contributed by atoms with E-state index >= 15 is 0 Å². The minimum absolute atomic E-state index is 0.160. The molecule has 3 saturated heterocycles. The molecular formula is C30H33N5O4. The van der Waals surface area contributed by atoms with E-state index in [2.05, 4.69) is 47.0 Å². The number of nitrogens with one attached hydrogen (secondary N) is 1. The first-order valence-electron chi connectivity index (χ1n) is 13.9. The summed E-state index contributed by atoms with van der Waals surface area (Å²) in [5.41, 5.74) is 5.71. The van der Waals surface area contributed by atoms with Gasteiger partial charge in [0.1, 0.15) is 11.7 Å². The first-order chi connectivity index (χ1) is 18.8. The maximum absolute atomic E-state index is 13.2. The van der Waals surface area contributed by atoms with Crippen LogP contribution >= 0.6 is 0 Å². The number of ether oxygens (including phenoxy) is 1. The average molecular weight is 528 g/mol. The highest BCUT2D eigenvalue weighted by molar-refractivity contribution is 6.05. The van der Waals surface area contributed by atoms with Gasteiger partial charge in [0.15, 0.2) is 0 Å². The lowest BCUT2D eigenvalue weighted by molar-refractivity contribution is -0.136.